The number of benzene rings is 1. The van der Waals surface area contributed by atoms with E-state index in [1.165, 1.54) is 11.3 Å². The number of carbonyl (C=O) groups is 1. The Bertz CT molecular complexity index is 752. The topological polar surface area (TPSA) is 85.0 Å². The van der Waals surface area contributed by atoms with E-state index in [2.05, 4.69) is 20.5 Å². The maximum atomic E-state index is 12.1. The molecule has 0 atom stereocenters. The molecule has 0 saturated carbocycles. The molecule has 0 unspecified atom stereocenters. The molecule has 0 spiro atoms. The minimum Gasteiger partial charge on any atom is -0.454 e. The summed E-state index contributed by atoms with van der Waals surface area (Å²) >= 11 is 1.40. The molecule has 1 aromatic heterocycles. The standard InChI is InChI=1S/C17H22N4O4S/c1-21(5-6-23-2)9-13-10-26-17(19-13)20-16(22)18-8-12-3-4-14-15(7-12)25-11-24-14/h3-4,7,10H,5-6,8-9,11H2,1-2H3,(H2,18,19,20,22). The normalized spacial score (nSPS) is 12.4. The van der Waals surface area contributed by atoms with Gasteiger partial charge in [-0.15, -0.1) is 11.3 Å². The zero-order chi connectivity index (χ0) is 18.4. The maximum Gasteiger partial charge on any atom is 0.321 e. The number of rotatable bonds is 8. The molecule has 8 nitrogen and oxygen atoms in total. The Kier molecular flexibility index (Phi) is 6.26. The van der Waals surface area contributed by atoms with Crippen molar-refractivity contribution in [3.8, 4) is 11.5 Å². The van der Waals surface area contributed by atoms with Crippen LogP contribution in [0.15, 0.2) is 23.6 Å². The van der Waals surface area contributed by atoms with Crippen LogP contribution in [-0.4, -0.2) is 50.0 Å². The Hall–Kier alpha value is -2.36. The van der Waals surface area contributed by atoms with Crippen LogP contribution < -0.4 is 20.1 Å². The number of amides is 2. The van der Waals surface area contributed by atoms with E-state index in [9.17, 15) is 4.79 Å². The number of urea groups is 1. The number of carbonyl (C=O) groups excluding carboxylic acids is 1. The molecule has 0 saturated heterocycles. The van der Waals surface area contributed by atoms with Gasteiger partial charge in [0.1, 0.15) is 0 Å². The molecule has 0 fully saturated rings. The number of thiazole rings is 1. The fourth-order valence-electron chi connectivity index (χ4n) is 2.41. The van der Waals surface area contributed by atoms with E-state index < -0.39 is 0 Å². The van der Waals surface area contributed by atoms with Gasteiger partial charge in [0.15, 0.2) is 16.6 Å². The van der Waals surface area contributed by atoms with Gasteiger partial charge in [-0.25, -0.2) is 9.78 Å². The van der Waals surface area contributed by atoms with Crippen molar-refractivity contribution in [2.24, 2.45) is 0 Å². The van der Waals surface area contributed by atoms with Gasteiger partial charge in [-0.3, -0.25) is 10.2 Å². The van der Waals surface area contributed by atoms with E-state index in [0.29, 0.717) is 30.6 Å². The van der Waals surface area contributed by atoms with Crippen molar-refractivity contribution in [2.75, 3.05) is 39.4 Å². The Labute approximate surface area is 156 Å². The first-order valence-corrected chi connectivity index (χ1v) is 9.07. The Balaban J connectivity index is 1.45. The number of ether oxygens (including phenoxy) is 3. The van der Waals surface area contributed by atoms with Crippen LogP contribution in [0, 0.1) is 0 Å². The average Bonchev–Trinajstić information content (AvgIpc) is 3.27. The van der Waals surface area contributed by atoms with E-state index in [1.807, 2.05) is 30.6 Å². The third kappa shape index (κ3) is 5.07. The van der Waals surface area contributed by atoms with Crippen molar-refractivity contribution in [1.82, 2.24) is 15.2 Å². The average molecular weight is 378 g/mol. The lowest BCUT2D eigenvalue weighted by Gasteiger charge is -2.13. The molecule has 0 radical (unpaired) electrons. The summed E-state index contributed by atoms with van der Waals surface area (Å²) in [7, 11) is 3.68. The Morgan fingerprint density at radius 3 is 3.08 bits per heavy atom. The van der Waals surface area contributed by atoms with E-state index in [-0.39, 0.29) is 12.8 Å². The molecule has 1 aliphatic heterocycles. The molecule has 26 heavy (non-hydrogen) atoms. The molecule has 0 aliphatic carbocycles. The van der Waals surface area contributed by atoms with E-state index in [4.69, 9.17) is 14.2 Å². The van der Waals surface area contributed by atoms with Gasteiger partial charge >= 0.3 is 6.03 Å². The highest BCUT2D eigenvalue weighted by molar-refractivity contribution is 7.13. The molecule has 0 bridgehead atoms. The second-order valence-electron chi connectivity index (χ2n) is 5.87. The highest BCUT2D eigenvalue weighted by Crippen LogP contribution is 2.32. The van der Waals surface area contributed by atoms with E-state index in [0.717, 1.165) is 23.6 Å². The van der Waals surface area contributed by atoms with Crippen molar-refractivity contribution >= 4 is 22.5 Å². The van der Waals surface area contributed by atoms with Gasteiger partial charge in [0.25, 0.3) is 0 Å². The van der Waals surface area contributed by atoms with Crippen LogP contribution in [0.25, 0.3) is 0 Å². The van der Waals surface area contributed by atoms with Crippen LogP contribution in [0.1, 0.15) is 11.3 Å². The summed E-state index contributed by atoms with van der Waals surface area (Å²) in [6.45, 7) is 2.83. The number of hydrogen-bond donors (Lipinski definition) is 2. The Morgan fingerprint density at radius 1 is 1.38 bits per heavy atom. The molecule has 2 amide bonds. The van der Waals surface area contributed by atoms with Crippen LogP contribution >= 0.6 is 11.3 Å². The zero-order valence-corrected chi connectivity index (χ0v) is 15.6. The predicted octanol–water partition coefficient (Wildman–Crippen LogP) is 2.27. The van der Waals surface area contributed by atoms with Gasteiger partial charge in [0.2, 0.25) is 6.79 Å². The predicted molar refractivity (Wildman–Crippen MR) is 98.7 cm³/mol. The van der Waals surface area contributed by atoms with Crippen LogP contribution in [-0.2, 0) is 17.8 Å². The number of hydrogen-bond acceptors (Lipinski definition) is 7. The fourth-order valence-corrected chi connectivity index (χ4v) is 3.11. The summed E-state index contributed by atoms with van der Waals surface area (Å²) in [6.07, 6.45) is 0. The largest absolute Gasteiger partial charge is 0.454 e. The summed E-state index contributed by atoms with van der Waals surface area (Å²) < 4.78 is 15.7. The monoisotopic (exact) mass is 378 g/mol. The zero-order valence-electron chi connectivity index (χ0n) is 14.8. The third-order valence-electron chi connectivity index (χ3n) is 3.77. The maximum absolute atomic E-state index is 12.1. The first-order valence-electron chi connectivity index (χ1n) is 8.19. The number of nitrogens with one attached hydrogen (secondary N) is 2. The second-order valence-corrected chi connectivity index (χ2v) is 6.73. The lowest BCUT2D eigenvalue weighted by Crippen LogP contribution is -2.28. The number of methoxy groups -OCH3 is 1. The van der Waals surface area contributed by atoms with Gasteiger partial charge in [0.05, 0.1) is 12.3 Å². The molecular formula is C17H22N4O4S. The molecule has 3 rings (SSSR count). The molecule has 2 N–H and O–H groups in total. The highest BCUT2D eigenvalue weighted by atomic mass is 32.1. The molecule has 2 heterocycles. The van der Waals surface area contributed by atoms with Crippen LogP contribution in [0.3, 0.4) is 0 Å². The molecule has 1 aromatic carbocycles. The van der Waals surface area contributed by atoms with Crippen molar-refractivity contribution in [3.63, 3.8) is 0 Å². The number of fused-ring (bicyclic) bond motifs is 1. The molecule has 1 aliphatic rings. The fraction of sp³-hybridized carbons (Fsp3) is 0.412. The van der Waals surface area contributed by atoms with Crippen molar-refractivity contribution in [3.05, 3.63) is 34.8 Å². The molecule has 140 valence electrons. The number of nitrogens with zero attached hydrogens (tertiary/aromatic N) is 2. The first-order chi connectivity index (χ1) is 12.6. The van der Waals surface area contributed by atoms with Crippen LogP contribution in [0.2, 0.25) is 0 Å². The Morgan fingerprint density at radius 2 is 2.23 bits per heavy atom. The highest BCUT2D eigenvalue weighted by Gasteiger charge is 2.13. The van der Waals surface area contributed by atoms with Crippen molar-refractivity contribution < 1.29 is 19.0 Å². The van der Waals surface area contributed by atoms with Crippen LogP contribution in [0.5, 0.6) is 11.5 Å². The smallest absolute Gasteiger partial charge is 0.321 e. The summed E-state index contributed by atoms with van der Waals surface area (Å²) in [4.78, 5) is 18.6. The first kappa shape index (κ1) is 18.4. The lowest BCUT2D eigenvalue weighted by atomic mass is 10.2. The third-order valence-corrected chi connectivity index (χ3v) is 4.58. The summed E-state index contributed by atoms with van der Waals surface area (Å²) in [6, 6.07) is 5.30. The summed E-state index contributed by atoms with van der Waals surface area (Å²) in [5.74, 6) is 1.43. The van der Waals surface area contributed by atoms with E-state index >= 15 is 0 Å². The van der Waals surface area contributed by atoms with Gasteiger partial charge in [-0.2, -0.15) is 0 Å². The minimum absolute atomic E-state index is 0.236. The molecule has 2 aromatic rings. The van der Waals surface area contributed by atoms with Gasteiger partial charge in [-0.05, 0) is 24.7 Å². The van der Waals surface area contributed by atoms with Crippen molar-refractivity contribution in [1.29, 1.82) is 0 Å². The van der Waals surface area contributed by atoms with Crippen molar-refractivity contribution in [2.45, 2.75) is 13.1 Å². The molecule has 9 heteroatoms. The molecular weight excluding hydrogens is 356 g/mol. The number of anilines is 1. The van der Waals surface area contributed by atoms with Gasteiger partial charge in [-0.1, -0.05) is 6.07 Å². The SMILES string of the molecule is COCCN(C)Cc1csc(NC(=O)NCc2ccc3c(c2)OCO3)n1. The lowest BCUT2D eigenvalue weighted by molar-refractivity contribution is 0.158. The van der Waals surface area contributed by atoms with Gasteiger partial charge in [0, 0.05) is 32.1 Å². The second kappa shape index (κ2) is 8.84. The quantitative estimate of drug-likeness (QED) is 0.733. The summed E-state index contributed by atoms with van der Waals surface area (Å²) in [5, 5.41) is 8.08. The number of aromatic nitrogens is 1. The van der Waals surface area contributed by atoms with E-state index in [1.54, 1.807) is 7.11 Å². The van der Waals surface area contributed by atoms with Gasteiger partial charge < -0.3 is 19.5 Å². The van der Waals surface area contributed by atoms with Crippen LogP contribution in [0.4, 0.5) is 9.93 Å². The minimum atomic E-state index is -0.295. The number of likely N-dealkylation sites (N-methyl/N-ethyl adjacent to an activating group) is 1. The summed E-state index contributed by atoms with van der Waals surface area (Å²) in [5.41, 5.74) is 1.85.